The second kappa shape index (κ2) is 11.9. The van der Waals surface area contributed by atoms with Crippen molar-refractivity contribution in [3.8, 4) is 0 Å². The van der Waals surface area contributed by atoms with Crippen LogP contribution >= 0.6 is 23.2 Å². The molecule has 0 fully saturated rings. The van der Waals surface area contributed by atoms with Gasteiger partial charge in [-0.25, -0.2) is 8.42 Å². The third-order valence-electron chi connectivity index (χ3n) is 5.38. The third kappa shape index (κ3) is 7.35. The highest BCUT2D eigenvalue weighted by molar-refractivity contribution is 7.92. The number of carbonyl (C=O) groups excluding carboxylic acids is 2. The number of rotatable bonds is 10. The van der Waals surface area contributed by atoms with Gasteiger partial charge in [-0.05, 0) is 55.2 Å². The summed E-state index contributed by atoms with van der Waals surface area (Å²) in [5.74, 6) is -0.590. The van der Waals surface area contributed by atoms with Crippen LogP contribution in [0.3, 0.4) is 0 Å². The second-order valence-corrected chi connectivity index (χ2v) is 11.1. The van der Waals surface area contributed by atoms with Gasteiger partial charge in [0, 0.05) is 13.1 Å². The van der Waals surface area contributed by atoms with Gasteiger partial charge in [-0.1, -0.05) is 55.2 Å². The standard InChI is InChI=1S/C24H31Cl2N3O4S/c1-6-27-24(31)17(4)28(14-18-7-12-21(25)22(26)13-18)23(30)15-29(34(5,32)33)20-10-8-19(9-11-20)16(2)3/h7-13,16-17H,6,14-15H2,1-5H3,(H,27,31). The Morgan fingerprint density at radius 1 is 1.00 bits per heavy atom. The average Bonchev–Trinajstić information content (AvgIpc) is 2.77. The summed E-state index contributed by atoms with van der Waals surface area (Å²) in [6.07, 6.45) is 1.05. The lowest BCUT2D eigenvalue weighted by atomic mass is 10.0. The van der Waals surface area contributed by atoms with Crippen LogP contribution in [0.2, 0.25) is 10.0 Å². The van der Waals surface area contributed by atoms with Gasteiger partial charge in [-0.2, -0.15) is 0 Å². The first-order chi connectivity index (χ1) is 15.8. The van der Waals surface area contributed by atoms with E-state index in [1.54, 1.807) is 44.2 Å². The number of amides is 2. The maximum absolute atomic E-state index is 13.4. The van der Waals surface area contributed by atoms with Gasteiger partial charge in [0.15, 0.2) is 0 Å². The van der Waals surface area contributed by atoms with Gasteiger partial charge in [0.25, 0.3) is 0 Å². The van der Waals surface area contributed by atoms with Crippen molar-refractivity contribution in [3.05, 3.63) is 63.6 Å². The molecule has 34 heavy (non-hydrogen) atoms. The Hall–Kier alpha value is -2.29. The van der Waals surface area contributed by atoms with E-state index in [4.69, 9.17) is 23.2 Å². The molecule has 0 spiro atoms. The average molecular weight is 529 g/mol. The van der Waals surface area contributed by atoms with Gasteiger partial charge >= 0.3 is 0 Å². The van der Waals surface area contributed by atoms with Gasteiger partial charge in [0.1, 0.15) is 12.6 Å². The summed E-state index contributed by atoms with van der Waals surface area (Å²) in [6, 6.07) is 11.1. The molecule has 1 unspecified atom stereocenters. The number of hydrogen-bond donors (Lipinski definition) is 1. The normalized spacial score (nSPS) is 12.4. The molecule has 2 aromatic rings. The zero-order chi connectivity index (χ0) is 25.6. The van der Waals surface area contributed by atoms with Gasteiger partial charge in [0.2, 0.25) is 21.8 Å². The number of sulfonamides is 1. The van der Waals surface area contributed by atoms with E-state index in [-0.39, 0.29) is 18.4 Å². The SMILES string of the molecule is CCNC(=O)C(C)N(Cc1ccc(Cl)c(Cl)c1)C(=O)CN(c1ccc(C(C)C)cc1)S(C)(=O)=O. The highest BCUT2D eigenvalue weighted by Crippen LogP contribution is 2.25. The van der Waals surface area contributed by atoms with E-state index in [1.165, 1.54) is 4.90 Å². The van der Waals surface area contributed by atoms with E-state index in [1.807, 2.05) is 26.0 Å². The Morgan fingerprint density at radius 3 is 2.12 bits per heavy atom. The molecule has 7 nitrogen and oxygen atoms in total. The summed E-state index contributed by atoms with van der Waals surface area (Å²) in [4.78, 5) is 27.3. The van der Waals surface area contributed by atoms with Crippen LogP contribution in [0, 0.1) is 0 Å². The summed E-state index contributed by atoms with van der Waals surface area (Å²) >= 11 is 12.1. The molecule has 0 bridgehead atoms. The first kappa shape index (κ1) is 28.0. The Bertz CT molecular complexity index is 1120. The Morgan fingerprint density at radius 2 is 1.62 bits per heavy atom. The highest BCUT2D eigenvalue weighted by atomic mass is 35.5. The molecule has 2 rings (SSSR count). The maximum atomic E-state index is 13.4. The van der Waals surface area contributed by atoms with Crippen LogP contribution in [0.5, 0.6) is 0 Å². The molecule has 0 saturated heterocycles. The van der Waals surface area contributed by atoms with Crippen LogP contribution in [-0.4, -0.2) is 50.5 Å². The van der Waals surface area contributed by atoms with Crippen molar-refractivity contribution in [1.82, 2.24) is 10.2 Å². The van der Waals surface area contributed by atoms with Crippen LogP contribution in [0.25, 0.3) is 0 Å². The van der Waals surface area contributed by atoms with Gasteiger partial charge < -0.3 is 10.2 Å². The third-order valence-corrected chi connectivity index (χ3v) is 7.26. The predicted molar refractivity (Wildman–Crippen MR) is 138 cm³/mol. The van der Waals surface area contributed by atoms with Crippen LogP contribution < -0.4 is 9.62 Å². The van der Waals surface area contributed by atoms with Crippen molar-refractivity contribution in [1.29, 1.82) is 0 Å². The van der Waals surface area contributed by atoms with Crippen LogP contribution in [0.15, 0.2) is 42.5 Å². The zero-order valence-electron chi connectivity index (χ0n) is 20.0. The number of anilines is 1. The first-order valence-corrected chi connectivity index (χ1v) is 13.5. The molecule has 10 heteroatoms. The predicted octanol–water partition coefficient (Wildman–Crippen LogP) is 4.44. The number of nitrogens with one attached hydrogen (secondary N) is 1. The Labute approximate surface area is 212 Å². The van der Waals surface area contributed by atoms with Crippen molar-refractivity contribution in [2.24, 2.45) is 0 Å². The lowest BCUT2D eigenvalue weighted by Gasteiger charge is -2.31. The lowest BCUT2D eigenvalue weighted by Crippen LogP contribution is -2.51. The minimum absolute atomic E-state index is 0.0535. The molecule has 0 aliphatic heterocycles. The van der Waals surface area contributed by atoms with E-state index < -0.39 is 28.5 Å². The number of nitrogens with zero attached hydrogens (tertiary/aromatic N) is 2. The largest absolute Gasteiger partial charge is 0.355 e. The fourth-order valence-corrected chi connectivity index (χ4v) is 4.55. The van der Waals surface area contributed by atoms with Crippen molar-refractivity contribution < 1.29 is 18.0 Å². The molecule has 0 radical (unpaired) electrons. The topological polar surface area (TPSA) is 86.8 Å². The molecule has 2 amide bonds. The molecule has 186 valence electrons. The maximum Gasteiger partial charge on any atom is 0.244 e. The summed E-state index contributed by atoms with van der Waals surface area (Å²) < 4.78 is 26.2. The van der Waals surface area contributed by atoms with E-state index in [0.29, 0.717) is 27.8 Å². The van der Waals surface area contributed by atoms with Crippen molar-refractivity contribution in [2.45, 2.75) is 46.2 Å². The molecule has 1 N–H and O–H groups in total. The fraction of sp³-hybridized carbons (Fsp3) is 0.417. The van der Waals surface area contributed by atoms with E-state index in [0.717, 1.165) is 16.1 Å². The molecular formula is C24H31Cl2N3O4S. The first-order valence-electron chi connectivity index (χ1n) is 10.9. The number of carbonyl (C=O) groups is 2. The van der Waals surface area contributed by atoms with Gasteiger partial charge in [-0.15, -0.1) is 0 Å². The molecule has 2 aromatic carbocycles. The van der Waals surface area contributed by atoms with E-state index >= 15 is 0 Å². The summed E-state index contributed by atoms with van der Waals surface area (Å²) in [5, 5.41) is 3.40. The van der Waals surface area contributed by atoms with Gasteiger partial charge in [0.05, 0.1) is 22.0 Å². The minimum atomic E-state index is -3.77. The zero-order valence-corrected chi connectivity index (χ0v) is 22.3. The summed E-state index contributed by atoms with van der Waals surface area (Å²) in [6.45, 7) is 7.45. The number of halogens is 2. The Balaban J connectivity index is 2.39. The molecule has 0 heterocycles. The quantitative estimate of drug-likeness (QED) is 0.494. The van der Waals surface area contributed by atoms with Crippen molar-refractivity contribution in [2.75, 3.05) is 23.7 Å². The van der Waals surface area contributed by atoms with Crippen molar-refractivity contribution in [3.63, 3.8) is 0 Å². The number of hydrogen-bond acceptors (Lipinski definition) is 4. The summed E-state index contributed by atoms with van der Waals surface area (Å²) in [7, 11) is -3.77. The van der Waals surface area contributed by atoms with Gasteiger partial charge in [-0.3, -0.25) is 13.9 Å². The molecule has 1 atom stereocenters. The monoisotopic (exact) mass is 527 g/mol. The molecule has 0 saturated carbocycles. The van der Waals surface area contributed by atoms with Crippen LogP contribution in [0.1, 0.15) is 44.7 Å². The molecule has 0 aliphatic carbocycles. The van der Waals surface area contributed by atoms with Crippen LogP contribution in [0.4, 0.5) is 5.69 Å². The molecular weight excluding hydrogens is 497 g/mol. The number of likely N-dealkylation sites (N-methyl/N-ethyl adjacent to an activating group) is 1. The van der Waals surface area contributed by atoms with E-state index in [9.17, 15) is 18.0 Å². The number of benzene rings is 2. The summed E-state index contributed by atoms with van der Waals surface area (Å²) in [5.41, 5.74) is 2.08. The lowest BCUT2D eigenvalue weighted by molar-refractivity contribution is -0.139. The minimum Gasteiger partial charge on any atom is -0.355 e. The highest BCUT2D eigenvalue weighted by Gasteiger charge is 2.30. The van der Waals surface area contributed by atoms with E-state index in [2.05, 4.69) is 5.32 Å². The molecule has 0 aliphatic rings. The van der Waals surface area contributed by atoms with Crippen molar-refractivity contribution >= 4 is 50.7 Å². The van der Waals surface area contributed by atoms with Crippen LogP contribution in [-0.2, 0) is 26.2 Å². The molecule has 0 aromatic heterocycles. The smallest absolute Gasteiger partial charge is 0.244 e. The fourth-order valence-electron chi connectivity index (χ4n) is 3.38. The Kier molecular flexibility index (Phi) is 9.79. The second-order valence-electron chi connectivity index (χ2n) is 8.36.